The molecule has 0 bridgehead atoms. The van der Waals surface area contributed by atoms with Gasteiger partial charge in [0, 0.05) is 0 Å². The van der Waals surface area contributed by atoms with E-state index in [0.29, 0.717) is 0 Å². The molecule has 2 rings (SSSR count). The van der Waals surface area contributed by atoms with Crippen molar-refractivity contribution < 1.29 is 17.9 Å². The predicted octanol–water partition coefficient (Wildman–Crippen LogP) is 4.28. The van der Waals surface area contributed by atoms with E-state index in [4.69, 9.17) is 4.74 Å². The van der Waals surface area contributed by atoms with Crippen molar-refractivity contribution in [2.45, 2.75) is 12.8 Å². The highest BCUT2D eigenvalue weighted by atomic mass is 19.4. The number of ether oxygens (including phenoxy) is 1. The van der Waals surface area contributed by atoms with Gasteiger partial charge in [0.2, 0.25) is 0 Å². The highest BCUT2D eigenvalue weighted by Crippen LogP contribution is 2.31. The lowest BCUT2D eigenvalue weighted by molar-refractivity contribution is -0.137. The molecule has 1 nitrogen and oxygen atoms in total. The predicted molar refractivity (Wildman–Crippen MR) is 62.2 cm³/mol. The average molecular weight is 252 g/mol. The summed E-state index contributed by atoms with van der Waals surface area (Å²) in [7, 11) is 0. The molecule has 0 aliphatic carbocycles. The van der Waals surface area contributed by atoms with Crippen LogP contribution in [0.25, 0.3) is 0 Å². The van der Waals surface area contributed by atoms with Gasteiger partial charge in [-0.15, -0.1) is 0 Å². The zero-order valence-electron chi connectivity index (χ0n) is 9.45. The quantitative estimate of drug-likeness (QED) is 0.792. The minimum atomic E-state index is -4.34. The number of halogens is 3. The van der Waals surface area contributed by atoms with Crippen LogP contribution in [-0.4, -0.2) is 0 Å². The van der Waals surface area contributed by atoms with Crippen molar-refractivity contribution in [3.05, 3.63) is 65.7 Å². The minimum absolute atomic E-state index is 0.216. The topological polar surface area (TPSA) is 9.23 Å². The van der Waals surface area contributed by atoms with Crippen LogP contribution in [0.15, 0.2) is 54.6 Å². The maximum absolute atomic E-state index is 12.5. The van der Waals surface area contributed by atoms with Crippen molar-refractivity contribution >= 4 is 0 Å². The maximum Gasteiger partial charge on any atom is 0.416 e. The summed E-state index contributed by atoms with van der Waals surface area (Å²) in [6.45, 7) is 0.252. The molecule has 0 spiro atoms. The van der Waals surface area contributed by atoms with Gasteiger partial charge in [-0.2, -0.15) is 13.2 Å². The third-order valence-corrected chi connectivity index (χ3v) is 2.41. The van der Waals surface area contributed by atoms with Crippen LogP contribution in [0.2, 0.25) is 0 Å². The van der Waals surface area contributed by atoms with Gasteiger partial charge in [0.05, 0.1) is 5.56 Å². The number of alkyl halides is 3. The fraction of sp³-hybridized carbons (Fsp3) is 0.143. The van der Waals surface area contributed by atoms with E-state index in [0.717, 1.165) is 17.7 Å². The molecule has 0 atom stereocenters. The Labute approximate surface area is 103 Å². The summed E-state index contributed by atoms with van der Waals surface area (Å²) in [6.07, 6.45) is -4.34. The van der Waals surface area contributed by atoms with E-state index in [2.05, 4.69) is 0 Å². The van der Waals surface area contributed by atoms with E-state index in [1.54, 1.807) is 0 Å². The second kappa shape index (κ2) is 5.12. The van der Waals surface area contributed by atoms with Gasteiger partial charge >= 0.3 is 6.18 Å². The van der Waals surface area contributed by atoms with Gasteiger partial charge in [-0.25, -0.2) is 0 Å². The van der Waals surface area contributed by atoms with Crippen LogP contribution in [0.5, 0.6) is 5.75 Å². The van der Waals surface area contributed by atoms with Gasteiger partial charge in [0.15, 0.2) is 0 Å². The molecular weight excluding hydrogens is 241 g/mol. The molecule has 2 aromatic carbocycles. The first kappa shape index (κ1) is 12.5. The zero-order chi connectivity index (χ0) is 13.0. The SMILES string of the molecule is FC(F)(F)c1cccc(OCc2ccccc2)c1. The van der Waals surface area contributed by atoms with Gasteiger partial charge in [0.1, 0.15) is 12.4 Å². The van der Waals surface area contributed by atoms with Crippen LogP contribution in [0, 0.1) is 0 Å². The summed E-state index contributed by atoms with van der Waals surface area (Å²) >= 11 is 0. The summed E-state index contributed by atoms with van der Waals surface area (Å²) in [5, 5.41) is 0. The summed E-state index contributed by atoms with van der Waals surface area (Å²) in [4.78, 5) is 0. The number of hydrogen-bond acceptors (Lipinski definition) is 1. The van der Waals surface area contributed by atoms with E-state index < -0.39 is 11.7 Å². The Morgan fingerprint density at radius 3 is 2.28 bits per heavy atom. The van der Waals surface area contributed by atoms with Gasteiger partial charge in [-0.3, -0.25) is 0 Å². The Bertz CT molecular complexity index is 506. The molecule has 0 N–H and O–H groups in total. The van der Waals surface area contributed by atoms with E-state index in [1.807, 2.05) is 30.3 Å². The summed E-state index contributed by atoms with van der Waals surface area (Å²) in [6, 6.07) is 14.2. The lowest BCUT2D eigenvalue weighted by atomic mass is 10.2. The third kappa shape index (κ3) is 3.26. The number of hydrogen-bond donors (Lipinski definition) is 0. The van der Waals surface area contributed by atoms with Crippen LogP contribution in [0.1, 0.15) is 11.1 Å². The van der Waals surface area contributed by atoms with Crippen molar-refractivity contribution in [2.75, 3.05) is 0 Å². The first-order valence-corrected chi connectivity index (χ1v) is 5.40. The van der Waals surface area contributed by atoms with E-state index >= 15 is 0 Å². The lowest BCUT2D eigenvalue weighted by Crippen LogP contribution is -2.05. The summed E-state index contributed by atoms with van der Waals surface area (Å²) in [5.41, 5.74) is 0.211. The van der Waals surface area contributed by atoms with Crippen LogP contribution in [-0.2, 0) is 12.8 Å². The molecule has 0 heterocycles. The van der Waals surface area contributed by atoms with Crippen LogP contribution < -0.4 is 4.74 Å². The molecule has 94 valence electrons. The van der Waals surface area contributed by atoms with Crippen LogP contribution in [0.3, 0.4) is 0 Å². The van der Waals surface area contributed by atoms with Gasteiger partial charge in [0.25, 0.3) is 0 Å². The van der Waals surface area contributed by atoms with Gasteiger partial charge in [-0.1, -0.05) is 36.4 Å². The van der Waals surface area contributed by atoms with Crippen LogP contribution in [0.4, 0.5) is 13.2 Å². The Kier molecular flexibility index (Phi) is 3.55. The second-order valence-electron chi connectivity index (χ2n) is 3.80. The van der Waals surface area contributed by atoms with Crippen molar-refractivity contribution in [3.63, 3.8) is 0 Å². The molecule has 0 saturated carbocycles. The molecule has 0 aromatic heterocycles. The van der Waals surface area contributed by atoms with E-state index in [-0.39, 0.29) is 12.4 Å². The average Bonchev–Trinajstić information content (AvgIpc) is 2.37. The Hall–Kier alpha value is -1.97. The molecule has 0 aliphatic rings. The summed E-state index contributed by atoms with van der Waals surface area (Å²) in [5.74, 6) is 0.216. The zero-order valence-corrected chi connectivity index (χ0v) is 9.45. The van der Waals surface area contributed by atoms with Crippen molar-refractivity contribution in [1.29, 1.82) is 0 Å². The van der Waals surface area contributed by atoms with Crippen LogP contribution >= 0.6 is 0 Å². The van der Waals surface area contributed by atoms with E-state index in [1.165, 1.54) is 12.1 Å². The monoisotopic (exact) mass is 252 g/mol. The number of rotatable bonds is 3. The van der Waals surface area contributed by atoms with Gasteiger partial charge in [-0.05, 0) is 23.8 Å². The highest BCUT2D eigenvalue weighted by Gasteiger charge is 2.30. The molecule has 0 radical (unpaired) electrons. The minimum Gasteiger partial charge on any atom is -0.489 e. The maximum atomic E-state index is 12.5. The Morgan fingerprint density at radius 1 is 0.889 bits per heavy atom. The van der Waals surface area contributed by atoms with Crippen molar-refractivity contribution in [1.82, 2.24) is 0 Å². The normalized spacial score (nSPS) is 11.3. The molecule has 0 fully saturated rings. The van der Waals surface area contributed by atoms with Crippen molar-refractivity contribution in [2.24, 2.45) is 0 Å². The molecule has 0 amide bonds. The molecule has 0 saturated heterocycles. The smallest absolute Gasteiger partial charge is 0.416 e. The largest absolute Gasteiger partial charge is 0.489 e. The van der Waals surface area contributed by atoms with E-state index in [9.17, 15) is 13.2 Å². The highest BCUT2D eigenvalue weighted by molar-refractivity contribution is 5.30. The second-order valence-corrected chi connectivity index (χ2v) is 3.80. The standard InChI is InChI=1S/C14H11F3O/c15-14(16,17)12-7-4-8-13(9-12)18-10-11-5-2-1-3-6-11/h1-9H,10H2. The Balaban J connectivity index is 2.06. The molecule has 18 heavy (non-hydrogen) atoms. The Morgan fingerprint density at radius 2 is 1.61 bits per heavy atom. The molecule has 2 aromatic rings. The first-order chi connectivity index (χ1) is 8.55. The molecule has 0 aliphatic heterocycles. The van der Waals surface area contributed by atoms with Crippen molar-refractivity contribution in [3.8, 4) is 5.75 Å². The lowest BCUT2D eigenvalue weighted by Gasteiger charge is -2.10. The van der Waals surface area contributed by atoms with Gasteiger partial charge < -0.3 is 4.74 Å². The fourth-order valence-electron chi connectivity index (χ4n) is 1.50. The molecular formula is C14H11F3O. The molecule has 4 heteroatoms. The fourth-order valence-corrected chi connectivity index (χ4v) is 1.50. The third-order valence-electron chi connectivity index (χ3n) is 2.41. The molecule has 0 unspecified atom stereocenters. The summed E-state index contributed by atoms with van der Waals surface area (Å²) < 4.78 is 42.8. The first-order valence-electron chi connectivity index (χ1n) is 5.40. The number of benzene rings is 2.